The highest BCUT2D eigenvalue weighted by Crippen LogP contribution is 2.25. The predicted molar refractivity (Wildman–Crippen MR) is 51.7 cm³/mol. The third-order valence-electron chi connectivity index (χ3n) is 2.78. The van der Waals surface area contributed by atoms with Crippen LogP contribution in [0.4, 0.5) is 4.79 Å². The van der Waals surface area contributed by atoms with Gasteiger partial charge in [0.25, 0.3) is 0 Å². The van der Waals surface area contributed by atoms with E-state index in [1.54, 1.807) is 4.90 Å². The number of hydrogen-bond donors (Lipinski definition) is 1. The molecule has 2 rings (SSSR count). The Morgan fingerprint density at radius 3 is 2.64 bits per heavy atom. The second kappa shape index (κ2) is 2.85. The fourth-order valence-corrected chi connectivity index (χ4v) is 4.14. The third-order valence-corrected chi connectivity index (χ3v) is 4.50. The summed E-state index contributed by atoms with van der Waals surface area (Å²) in [5.41, 5.74) is 0. The molecule has 2 amide bonds. The van der Waals surface area contributed by atoms with Gasteiger partial charge < -0.3 is 10.2 Å². The molecule has 0 saturated carbocycles. The van der Waals surface area contributed by atoms with Crippen molar-refractivity contribution in [2.75, 3.05) is 11.5 Å². The molecule has 2 heterocycles. The second-order valence-electron chi connectivity index (χ2n) is 4.20. The summed E-state index contributed by atoms with van der Waals surface area (Å²) in [6, 6.07) is -0.439. The molecule has 0 aromatic carbocycles. The highest BCUT2D eigenvalue weighted by Gasteiger charge is 2.49. The van der Waals surface area contributed by atoms with E-state index in [1.807, 2.05) is 13.8 Å². The summed E-state index contributed by atoms with van der Waals surface area (Å²) in [7, 11) is -2.95. The average molecular weight is 218 g/mol. The molecule has 14 heavy (non-hydrogen) atoms. The monoisotopic (exact) mass is 218 g/mol. The van der Waals surface area contributed by atoms with Crippen molar-refractivity contribution in [3.8, 4) is 0 Å². The van der Waals surface area contributed by atoms with Crippen LogP contribution in [0.3, 0.4) is 0 Å². The van der Waals surface area contributed by atoms with Crippen molar-refractivity contribution >= 4 is 15.9 Å². The molecular weight excluding hydrogens is 204 g/mol. The molecule has 0 bridgehead atoms. The van der Waals surface area contributed by atoms with E-state index in [4.69, 9.17) is 0 Å². The van der Waals surface area contributed by atoms with Gasteiger partial charge in [0.15, 0.2) is 9.84 Å². The van der Waals surface area contributed by atoms with Crippen LogP contribution in [0.25, 0.3) is 0 Å². The molecular formula is C8H14N2O3S. The van der Waals surface area contributed by atoms with Gasteiger partial charge in [-0.15, -0.1) is 0 Å². The van der Waals surface area contributed by atoms with Gasteiger partial charge in [-0.05, 0) is 13.8 Å². The van der Waals surface area contributed by atoms with Crippen LogP contribution >= 0.6 is 0 Å². The molecule has 0 spiro atoms. The molecule has 0 radical (unpaired) electrons. The summed E-state index contributed by atoms with van der Waals surface area (Å²) in [6.07, 6.45) is 0. The van der Waals surface area contributed by atoms with Gasteiger partial charge >= 0.3 is 6.03 Å². The number of rotatable bonds is 1. The Hall–Kier alpha value is -0.780. The largest absolute Gasteiger partial charge is 0.332 e. The first-order valence-corrected chi connectivity index (χ1v) is 6.52. The van der Waals surface area contributed by atoms with Gasteiger partial charge in [0, 0.05) is 6.04 Å². The topological polar surface area (TPSA) is 66.5 Å². The number of nitrogens with zero attached hydrogens (tertiary/aromatic N) is 1. The van der Waals surface area contributed by atoms with E-state index in [9.17, 15) is 13.2 Å². The third kappa shape index (κ3) is 1.37. The quantitative estimate of drug-likeness (QED) is 0.608. The zero-order chi connectivity index (χ0) is 10.5. The number of sulfone groups is 1. The van der Waals surface area contributed by atoms with Crippen molar-refractivity contribution in [2.24, 2.45) is 0 Å². The molecule has 5 nitrogen and oxygen atoms in total. The minimum Gasteiger partial charge on any atom is -0.332 e. The number of carbonyl (C=O) groups excluding carboxylic acids is 1. The highest BCUT2D eigenvalue weighted by atomic mass is 32.2. The van der Waals surface area contributed by atoms with E-state index >= 15 is 0 Å². The number of amides is 2. The van der Waals surface area contributed by atoms with E-state index in [0.717, 1.165) is 0 Å². The molecule has 0 aromatic heterocycles. The normalized spacial score (nSPS) is 34.8. The smallest absolute Gasteiger partial charge is 0.318 e. The fraction of sp³-hybridized carbons (Fsp3) is 0.875. The van der Waals surface area contributed by atoms with Gasteiger partial charge in [0.2, 0.25) is 0 Å². The van der Waals surface area contributed by atoms with Crippen molar-refractivity contribution in [2.45, 2.75) is 32.0 Å². The zero-order valence-electron chi connectivity index (χ0n) is 8.23. The van der Waals surface area contributed by atoms with Crippen molar-refractivity contribution < 1.29 is 13.2 Å². The average Bonchev–Trinajstić information content (AvgIpc) is 2.37. The van der Waals surface area contributed by atoms with Crippen LogP contribution in [0.1, 0.15) is 13.8 Å². The first-order valence-electron chi connectivity index (χ1n) is 4.70. The van der Waals surface area contributed by atoms with Gasteiger partial charge in [-0.25, -0.2) is 13.2 Å². The summed E-state index contributed by atoms with van der Waals surface area (Å²) in [5, 5.41) is 2.71. The van der Waals surface area contributed by atoms with Crippen LogP contribution in [0.2, 0.25) is 0 Å². The van der Waals surface area contributed by atoms with Crippen molar-refractivity contribution in [1.29, 1.82) is 0 Å². The molecule has 0 aromatic rings. The van der Waals surface area contributed by atoms with Crippen molar-refractivity contribution in [1.82, 2.24) is 10.2 Å². The minimum absolute atomic E-state index is 0.0540. The van der Waals surface area contributed by atoms with Crippen molar-refractivity contribution in [3.05, 3.63) is 0 Å². The molecule has 2 atom stereocenters. The Labute approximate surface area is 83.4 Å². The molecule has 2 fully saturated rings. The Bertz CT molecular complexity index is 363. The first-order chi connectivity index (χ1) is 6.41. The Kier molecular flexibility index (Phi) is 1.99. The van der Waals surface area contributed by atoms with Crippen LogP contribution in [0.5, 0.6) is 0 Å². The van der Waals surface area contributed by atoms with Crippen LogP contribution < -0.4 is 5.32 Å². The summed E-state index contributed by atoms with van der Waals surface area (Å²) in [6.45, 7) is 3.79. The predicted octanol–water partition coefficient (Wildman–Crippen LogP) is -0.414. The first kappa shape index (κ1) is 9.76. The molecule has 2 saturated heterocycles. The molecule has 2 aliphatic rings. The summed E-state index contributed by atoms with van der Waals surface area (Å²) in [4.78, 5) is 13.1. The number of urea groups is 1. The molecule has 0 aliphatic carbocycles. The van der Waals surface area contributed by atoms with Gasteiger partial charge in [-0.1, -0.05) is 0 Å². The molecule has 6 heteroatoms. The van der Waals surface area contributed by atoms with Crippen LogP contribution in [-0.4, -0.2) is 49.0 Å². The Balaban J connectivity index is 2.26. The molecule has 1 N–H and O–H groups in total. The van der Waals surface area contributed by atoms with E-state index in [-0.39, 0.29) is 35.7 Å². The maximum atomic E-state index is 11.5. The van der Waals surface area contributed by atoms with Gasteiger partial charge in [0.05, 0.1) is 23.6 Å². The maximum Gasteiger partial charge on any atom is 0.318 e. The SMILES string of the molecule is CC(C)N1C(=O)NC2CS(=O)(=O)CC21. The van der Waals surface area contributed by atoms with Gasteiger partial charge in [-0.2, -0.15) is 0 Å². The minimum atomic E-state index is -2.95. The van der Waals surface area contributed by atoms with E-state index < -0.39 is 9.84 Å². The number of nitrogens with one attached hydrogen (secondary N) is 1. The van der Waals surface area contributed by atoms with Crippen LogP contribution in [-0.2, 0) is 9.84 Å². The van der Waals surface area contributed by atoms with Crippen LogP contribution in [0, 0.1) is 0 Å². The molecule has 2 unspecified atom stereocenters. The number of fused-ring (bicyclic) bond motifs is 1. The number of hydrogen-bond acceptors (Lipinski definition) is 3. The van der Waals surface area contributed by atoms with Crippen molar-refractivity contribution in [3.63, 3.8) is 0 Å². The van der Waals surface area contributed by atoms with E-state index in [0.29, 0.717) is 0 Å². The molecule has 2 aliphatic heterocycles. The lowest BCUT2D eigenvalue weighted by Gasteiger charge is -2.25. The maximum absolute atomic E-state index is 11.5. The second-order valence-corrected chi connectivity index (χ2v) is 6.36. The lowest BCUT2D eigenvalue weighted by molar-refractivity contribution is 0.190. The van der Waals surface area contributed by atoms with E-state index in [2.05, 4.69) is 5.32 Å². The van der Waals surface area contributed by atoms with Crippen LogP contribution in [0.15, 0.2) is 0 Å². The summed E-state index contributed by atoms with van der Waals surface area (Å²) >= 11 is 0. The molecule has 80 valence electrons. The Morgan fingerprint density at radius 1 is 1.43 bits per heavy atom. The highest BCUT2D eigenvalue weighted by molar-refractivity contribution is 7.91. The van der Waals surface area contributed by atoms with Gasteiger partial charge in [-0.3, -0.25) is 0 Å². The van der Waals surface area contributed by atoms with E-state index in [1.165, 1.54) is 0 Å². The standard InChI is InChI=1S/C8H14N2O3S/c1-5(2)10-7-4-14(12,13)3-6(7)9-8(10)11/h5-7H,3-4H2,1-2H3,(H,9,11). The lowest BCUT2D eigenvalue weighted by atomic mass is 10.1. The number of carbonyl (C=O) groups is 1. The lowest BCUT2D eigenvalue weighted by Crippen LogP contribution is -2.41. The Morgan fingerprint density at radius 2 is 2.07 bits per heavy atom. The zero-order valence-corrected chi connectivity index (χ0v) is 9.04. The summed E-state index contributed by atoms with van der Waals surface area (Å²) < 4.78 is 22.7. The fourth-order valence-electron chi connectivity index (χ4n) is 2.24. The summed E-state index contributed by atoms with van der Waals surface area (Å²) in [5.74, 6) is 0.196. The van der Waals surface area contributed by atoms with Gasteiger partial charge in [0.1, 0.15) is 0 Å².